The molecule has 1 aromatic heterocycles. The Morgan fingerprint density at radius 1 is 1.31 bits per heavy atom. The molecule has 26 heavy (non-hydrogen) atoms. The summed E-state index contributed by atoms with van der Waals surface area (Å²) in [5, 5.41) is 0. The number of nitrogens with zero attached hydrogens (tertiary/aromatic N) is 3. The van der Waals surface area contributed by atoms with Gasteiger partial charge in [-0.1, -0.05) is 24.3 Å². The zero-order chi connectivity index (χ0) is 17.9. The molecule has 1 aromatic carbocycles. The van der Waals surface area contributed by atoms with Gasteiger partial charge < -0.3 is 14.1 Å². The van der Waals surface area contributed by atoms with E-state index in [2.05, 4.69) is 34.1 Å². The van der Waals surface area contributed by atoms with Crippen molar-refractivity contribution >= 4 is 5.91 Å². The molecule has 3 heterocycles. The zero-order valence-electron chi connectivity index (χ0n) is 15.2. The third-order valence-electron chi connectivity index (χ3n) is 5.34. The summed E-state index contributed by atoms with van der Waals surface area (Å²) in [7, 11) is 1.70. The fourth-order valence-corrected chi connectivity index (χ4v) is 3.84. The molecular weight excluding hydrogens is 330 g/mol. The van der Waals surface area contributed by atoms with Crippen LogP contribution in [-0.2, 0) is 24.2 Å². The van der Waals surface area contributed by atoms with Gasteiger partial charge in [-0.05, 0) is 30.4 Å². The van der Waals surface area contributed by atoms with Crippen LogP contribution in [0, 0.1) is 0 Å². The van der Waals surface area contributed by atoms with Crippen molar-refractivity contribution in [2.75, 3.05) is 26.7 Å². The molecule has 6 heteroatoms. The van der Waals surface area contributed by atoms with E-state index >= 15 is 0 Å². The van der Waals surface area contributed by atoms with Crippen LogP contribution in [0.1, 0.15) is 40.3 Å². The van der Waals surface area contributed by atoms with E-state index in [1.165, 1.54) is 17.4 Å². The first kappa shape index (κ1) is 17.2. The van der Waals surface area contributed by atoms with E-state index in [0.29, 0.717) is 24.7 Å². The second-order valence-electron chi connectivity index (χ2n) is 7.11. The zero-order valence-corrected chi connectivity index (χ0v) is 15.2. The Morgan fingerprint density at radius 3 is 3.00 bits per heavy atom. The maximum absolute atomic E-state index is 12.7. The number of likely N-dealkylation sites (tertiary alicyclic amines) is 1. The second-order valence-corrected chi connectivity index (χ2v) is 7.11. The van der Waals surface area contributed by atoms with Crippen molar-refractivity contribution in [2.45, 2.75) is 38.5 Å². The van der Waals surface area contributed by atoms with Crippen LogP contribution >= 0.6 is 0 Å². The maximum Gasteiger partial charge on any atom is 0.275 e. The molecule has 2 aliphatic heterocycles. The van der Waals surface area contributed by atoms with Crippen LogP contribution in [0.15, 0.2) is 34.9 Å². The molecule has 1 saturated heterocycles. The molecule has 6 nitrogen and oxygen atoms in total. The lowest BCUT2D eigenvalue weighted by atomic mass is 10.00. The fourth-order valence-electron chi connectivity index (χ4n) is 3.84. The van der Waals surface area contributed by atoms with Gasteiger partial charge in [0.2, 0.25) is 5.89 Å². The molecule has 4 rings (SSSR count). The lowest BCUT2D eigenvalue weighted by molar-refractivity contribution is 0.0265. The van der Waals surface area contributed by atoms with E-state index in [1.54, 1.807) is 7.11 Å². The monoisotopic (exact) mass is 355 g/mol. The first-order valence-corrected chi connectivity index (χ1v) is 9.28. The molecule has 0 N–H and O–H groups in total. The molecule has 1 atom stereocenters. The summed E-state index contributed by atoms with van der Waals surface area (Å²) in [6.07, 6.45) is 4.61. The van der Waals surface area contributed by atoms with Gasteiger partial charge in [0, 0.05) is 33.3 Å². The molecule has 1 unspecified atom stereocenters. The molecule has 1 amide bonds. The van der Waals surface area contributed by atoms with Crippen LogP contribution in [0.3, 0.4) is 0 Å². The number of hydrogen-bond acceptors (Lipinski definition) is 5. The summed E-state index contributed by atoms with van der Waals surface area (Å²) in [4.78, 5) is 21.2. The Kier molecular flexibility index (Phi) is 5.04. The molecule has 0 bridgehead atoms. The number of benzene rings is 1. The lowest BCUT2D eigenvalue weighted by Gasteiger charge is -2.31. The number of amides is 1. The minimum atomic E-state index is -0.0641. The Bertz CT molecular complexity index is 773. The Balaban J connectivity index is 1.38. The van der Waals surface area contributed by atoms with Crippen LogP contribution in [0.2, 0.25) is 0 Å². The predicted octanol–water partition coefficient (Wildman–Crippen LogP) is 2.48. The van der Waals surface area contributed by atoms with E-state index in [4.69, 9.17) is 9.15 Å². The number of piperidine rings is 1. The summed E-state index contributed by atoms with van der Waals surface area (Å²) in [6.45, 7) is 3.88. The fraction of sp³-hybridized carbons (Fsp3) is 0.500. The highest BCUT2D eigenvalue weighted by Gasteiger charge is 2.26. The molecular formula is C20H25N3O3. The van der Waals surface area contributed by atoms with Gasteiger partial charge in [-0.15, -0.1) is 0 Å². The summed E-state index contributed by atoms with van der Waals surface area (Å²) in [5.74, 6) is 0.541. The molecule has 2 aromatic rings. The highest BCUT2D eigenvalue weighted by Crippen LogP contribution is 2.21. The maximum atomic E-state index is 12.7. The molecule has 0 aliphatic carbocycles. The number of ether oxygens (including phenoxy) is 1. The van der Waals surface area contributed by atoms with Crippen molar-refractivity contribution in [3.8, 4) is 0 Å². The predicted molar refractivity (Wildman–Crippen MR) is 96.7 cm³/mol. The number of hydrogen-bond donors (Lipinski definition) is 0. The number of rotatable bonds is 4. The van der Waals surface area contributed by atoms with Gasteiger partial charge in [0.1, 0.15) is 6.26 Å². The minimum absolute atomic E-state index is 0.0641. The summed E-state index contributed by atoms with van der Waals surface area (Å²) in [6, 6.07) is 8.54. The molecule has 0 saturated carbocycles. The Morgan fingerprint density at radius 2 is 2.15 bits per heavy atom. The second kappa shape index (κ2) is 7.60. The highest BCUT2D eigenvalue weighted by atomic mass is 16.5. The summed E-state index contributed by atoms with van der Waals surface area (Å²) in [5.41, 5.74) is 3.18. The summed E-state index contributed by atoms with van der Waals surface area (Å²) >= 11 is 0. The number of aromatic nitrogens is 1. The average molecular weight is 355 g/mol. The molecule has 2 aliphatic rings. The molecule has 0 spiro atoms. The standard InChI is InChI=1S/C20H25N3O3/c1-25-17-7-4-9-23(12-17)20(24)18-14-26-19(21-18)13-22-10-8-15-5-2-3-6-16(15)11-22/h2-3,5-6,14,17H,4,7-13H2,1H3. The van der Waals surface area contributed by atoms with Crippen molar-refractivity contribution in [3.05, 3.63) is 53.2 Å². The molecule has 0 radical (unpaired) electrons. The first-order chi connectivity index (χ1) is 12.7. The third kappa shape index (κ3) is 3.66. The van der Waals surface area contributed by atoms with Gasteiger partial charge in [-0.3, -0.25) is 9.69 Å². The molecule has 1 fully saturated rings. The number of fused-ring (bicyclic) bond motifs is 1. The van der Waals surface area contributed by atoms with Gasteiger partial charge in [0.05, 0.1) is 12.6 Å². The van der Waals surface area contributed by atoms with Crippen molar-refractivity contribution in [1.82, 2.24) is 14.8 Å². The van der Waals surface area contributed by atoms with E-state index in [1.807, 2.05) is 4.90 Å². The summed E-state index contributed by atoms with van der Waals surface area (Å²) < 4.78 is 11.0. The van der Waals surface area contributed by atoms with Crippen LogP contribution < -0.4 is 0 Å². The SMILES string of the molecule is COC1CCCN(C(=O)c2coc(CN3CCc4ccccc4C3)n2)C1. The number of oxazole rings is 1. The van der Waals surface area contributed by atoms with Crippen molar-refractivity contribution in [3.63, 3.8) is 0 Å². The minimum Gasteiger partial charge on any atom is -0.447 e. The highest BCUT2D eigenvalue weighted by molar-refractivity contribution is 5.92. The van der Waals surface area contributed by atoms with E-state index in [9.17, 15) is 4.79 Å². The van der Waals surface area contributed by atoms with Crippen LogP contribution in [0.4, 0.5) is 0 Å². The Labute approximate surface area is 153 Å². The van der Waals surface area contributed by atoms with Gasteiger partial charge in [0.15, 0.2) is 5.69 Å². The average Bonchev–Trinajstić information content (AvgIpc) is 3.15. The topological polar surface area (TPSA) is 58.8 Å². The number of carbonyl (C=O) groups excluding carboxylic acids is 1. The van der Waals surface area contributed by atoms with Crippen LogP contribution in [0.25, 0.3) is 0 Å². The smallest absolute Gasteiger partial charge is 0.275 e. The Hall–Kier alpha value is -2.18. The van der Waals surface area contributed by atoms with Crippen molar-refractivity contribution < 1.29 is 13.9 Å². The molecule has 138 valence electrons. The van der Waals surface area contributed by atoms with Gasteiger partial charge >= 0.3 is 0 Å². The normalized spacial score (nSPS) is 20.8. The van der Waals surface area contributed by atoms with Crippen LogP contribution in [-0.4, -0.2) is 53.5 Å². The largest absolute Gasteiger partial charge is 0.447 e. The lowest BCUT2D eigenvalue weighted by Crippen LogP contribution is -2.43. The van der Waals surface area contributed by atoms with Gasteiger partial charge in [0.25, 0.3) is 5.91 Å². The van der Waals surface area contributed by atoms with Crippen molar-refractivity contribution in [2.24, 2.45) is 0 Å². The van der Waals surface area contributed by atoms with E-state index < -0.39 is 0 Å². The van der Waals surface area contributed by atoms with Crippen molar-refractivity contribution in [1.29, 1.82) is 0 Å². The van der Waals surface area contributed by atoms with E-state index in [-0.39, 0.29) is 12.0 Å². The number of methoxy groups -OCH3 is 1. The van der Waals surface area contributed by atoms with Crippen LogP contribution in [0.5, 0.6) is 0 Å². The first-order valence-electron chi connectivity index (χ1n) is 9.28. The quantitative estimate of drug-likeness (QED) is 0.843. The van der Waals surface area contributed by atoms with Gasteiger partial charge in [-0.25, -0.2) is 4.98 Å². The number of carbonyl (C=O) groups is 1. The van der Waals surface area contributed by atoms with E-state index in [0.717, 1.165) is 38.9 Å². The van der Waals surface area contributed by atoms with Gasteiger partial charge in [-0.2, -0.15) is 0 Å². The third-order valence-corrected chi connectivity index (χ3v) is 5.34.